The second-order valence-corrected chi connectivity index (χ2v) is 8.05. The molecule has 128 valence electrons. The molecule has 7 nitrogen and oxygen atoms in total. The maximum absolute atomic E-state index is 12.7. The minimum Gasteiger partial charge on any atom is -0.498 e. The lowest BCUT2D eigenvalue weighted by atomic mass is 9.84. The summed E-state index contributed by atoms with van der Waals surface area (Å²) in [5.41, 5.74) is -0.686. The number of β-lactam (4-membered cyclic amide) rings is 1. The third-order valence-corrected chi connectivity index (χ3v) is 7.02. The fourth-order valence-corrected chi connectivity index (χ4v) is 6.19. The minimum atomic E-state index is -1.56. The van der Waals surface area contributed by atoms with E-state index >= 15 is 0 Å². The van der Waals surface area contributed by atoms with Crippen LogP contribution in [0.1, 0.15) is 19.4 Å². The molecule has 0 spiro atoms. The molecule has 24 heavy (non-hydrogen) atoms. The molecule has 1 aromatic rings. The van der Waals surface area contributed by atoms with Crippen LogP contribution < -0.4 is 10.4 Å². The maximum Gasteiger partial charge on any atom is 0.353 e. The van der Waals surface area contributed by atoms with E-state index in [1.807, 2.05) is 6.07 Å². The van der Waals surface area contributed by atoms with Gasteiger partial charge in [-0.2, -0.15) is 4.48 Å². The van der Waals surface area contributed by atoms with E-state index < -0.39 is 50.1 Å². The average Bonchev–Trinajstić information content (AvgIpc) is 2.77. The summed E-state index contributed by atoms with van der Waals surface area (Å²) in [4.78, 5) is 36.6. The number of carbonyl (C=O) groups is 3. The van der Waals surface area contributed by atoms with Gasteiger partial charge < -0.3 is 15.2 Å². The molecule has 0 aliphatic carbocycles. The standard InChI is InChI=1S/C16H18N2O5S/c1-10-9-24(23)14-16(2,13(20)18(10,14)15(21)22)17-12(19)8-11-6-4-3-5-7-11/h3-7,10,14H,8-9H2,1-2H3,(H-,17,19,21,22)/t10?,14-,16?,18?,24?/m0/s1. The predicted octanol–water partition coefficient (Wildman–Crippen LogP) is -0.719. The van der Waals surface area contributed by atoms with Crippen molar-refractivity contribution >= 4 is 28.7 Å². The second kappa shape index (κ2) is 5.49. The van der Waals surface area contributed by atoms with Gasteiger partial charge in [0.2, 0.25) is 16.8 Å². The summed E-state index contributed by atoms with van der Waals surface area (Å²) in [7, 11) is -1.54. The molecular weight excluding hydrogens is 332 g/mol. The number of rotatable bonds is 3. The fourth-order valence-electron chi connectivity index (χ4n) is 3.85. The van der Waals surface area contributed by atoms with Gasteiger partial charge in [-0.3, -0.25) is 9.00 Å². The third-order valence-electron chi connectivity index (χ3n) is 4.90. The molecule has 3 amide bonds. The number of nitrogens with one attached hydrogen (secondary N) is 1. The molecule has 3 rings (SSSR count). The van der Waals surface area contributed by atoms with Crippen molar-refractivity contribution in [2.24, 2.45) is 0 Å². The van der Waals surface area contributed by atoms with Gasteiger partial charge in [0, 0.05) is 0 Å². The number of carbonyl (C=O) groups excluding carboxylic acids is 3. The van der Waals surface area contributed by atoms with Crippen molar-refractivity contribution < 1.29 is 28.2 Å². The van der Waals surface area contributed by atoms with Gasteiger partial charge in [-0.15, -0.1) is 0 Å². The molecule has 1 N–H and O–H groups in total. The first-order valence-electron chi connectivity index (χ1n) is 7.61. The quantitative estimate of drug-likeness (QED) is 0.572. The van der Waals surface area contributed by atoms with Gasteiger partial charge >= 0.3 is 5.91 Å². The van der Waals surface area contributed by atoms with Gasteiger partial charge in [-0.1, -0.05) is 30.3 Å². The summed E-state index contributed by atoms with van der Waals surface area (Å²) in [6, 6.07) is 8.35. The highest BCUT2D eigenvalue weighted by Gasteiger charge is 2.81. The van der Waals surface area contributed by atoms with Crippen LogP contribution in [0.5, 0.6) is 0 Å². The van der Waals surface area contributed by atoms with E-state index in [9.17, 15) is 23.7 Å². The Hall–Kier alpha value is -2.06. The van der Waals surface area contributed by atoms with E-state index in [1.54, 1.807) is 31.2 Å². The highest BCUT2D eigenvalue weighted by atomic mass is 32.2. The van der Waals surface area contributed by atoms with Crippen molar-refractivity contribution in [3.05, 3.63) is 35.9 Å². The number of fused-ring (bicyclic) bond motifs is 1. The monoisotopic (exact) mass is 350 g/mol. The number of nitrogens with zero attached hydrogens (tertiary/aromatic N) is 1. The Kier molecular flexibility index (Phi) is 3.84. The topological polar surface area (TPSA) is 103 Å². The first-order chi connectivity index (χ1) is 11.2. The Morgan fingerprint density at radius 2 is 2.00 bits per heavy atom. The van der Waals surface area contributed by atoms with Crippen molar-refractivity contribution in [1.29, 1.82) is 0 Å². The Morgan fingerprint density at radius 1 is 1.38 bits per heavy atom. The van der Waals surface area contributed by atoms with E-state index in [0.717, 1.165) is 5.56 Å². The zero-order chi connectivity index (χ0) is 17.7. The van der Waals surface area contributed by atoms with E-state index in [1.165, 1.54) is 6.92 Å². The second-order valence-electron chi connectivity index (χ2n) is 6.51. The number of imide groups is 1. The summed E-state index contributed by atoms with van der Waals surface area (Å²) in [5.74, 6) is -0.994. The lowest BCUT2D eigenvalue weighted by molar-refractivity contribution is -0.864. The molecule has 0 bridgehead atoms. The van der Waals surface area contributed by atoms with Crippen molar-refractivity contribution in [3.63, 3.8) is 0 Å². The van der Waals surface area contributed by atoms with Crippen molar-refractivity contribution in [2.45, 2.75) is 37.2 Å². The molecule has 1 aromatic carbocycles. The molecule has 2 aliphatic heterocycles. The SMILES string of the molecule is CC1CS(=O)[C@H]2C(C)(NC(=O)Cc3ccccc3)C(=O)[N+]12C(=O)[O-]. The zero-order valence-corrected chi connectivity index (χ0v) is 14.2. The largest absolute Gasteiger partial charge is 0.498 e. The van der Waals surface area contributed by atoms with Gasteiger partial charge in [0.15, 0.2) is 0 Å². The van der Waals surface area contributed by atoms with E-state index in [4.69, 9.17) is 0 Å². The number of benzene rings is 1. The van der Waals surface area contributed by atoms with Crippen LogP contribution in [-0.4, -0.2) is 49.3 Å². The van der Waals surface area contributed by atoms with E-state index in [2.05, 4.69) is 5.32 Å². The van der Waals surface area contributed by atoms with Crippen molar-refractivity contribution in [3.8, 4) is 0 Å². The lowest BCUT2D eigenvalue weighted by Gasteiger charge is -2.55. The zero-order valence-electron chi connectivity index (χ0n) is 13.4. The normalized spacial score (nSPS) is 37.4. The van der Waals surface area contributed by atoms with Crippen molar-refractivity contribution in [1.82, 2.24) is 5.32 Å². The summed E-state index contributed by atoms with van der Waals surface area (Å²) < 4.78 is 11.4. The third kappa shape index (κ3) is 2.06. The lowest BCUT2D eigenvalue weighted by Crippen LogP contribution is -2.90. The predicted molar refractivity (Wildman–Crippen MR) is 83.6 cm³/mol. The van der Waals surface area contributed by atoms with Gasteiger partial charge in [0.1, 0.15) is 6.04 Å². The van der Waals surface area contributed by atoms with Crippen LogP contribution in [0.2, 0.25) is 0 Å². The Morgan fingerprint density at radius 3 is 2.58 bits per heavy atom. The van der Waals surface area contributed by atoms with Gasteiger partial charge in [-0.25, -0.2) is 4.79 Å². The highest BCUT2D eigenvalue weighted by molar-refractivity contribution is 7.86. The van der Waals surface area contributed by atoms with Crippen LogP contribution in [0.25, 0.3) is 0 Å². The molecule has 0 saturated carbocycles. The molecular formula is C16H18N2O5S. The van der Waals surface area contributed by atoms with Crippen LogP contribution in [0.4, 0.5) is 4.79 Å². The highest BCUT2D eigenvalue weighted by Crippen LogP contribution is 2.47. The summed E-state index contributed by atoms with van der Waals surface area (Å²) >= 11 is 0. The van der Waals surface area contributed by atoms with Crippen LogP contribution >= 0.6 is 0 Å². The summed E-state index contributed by atoms with van der Waals surface area (Å²) in [5, 5.41) is 13.2. The number of quaternary nitrogens is 1. The van der Waals surface area contributed by atoms with E-state index in [0.29, 0.717) is 0 Å². The number of carboxylic acid groups (broad SMARTS) is 1. The van der Waals surface area contributed by atoms with Gasteiger partial charge in [0.05, 0.1) is 23.0 Å². The van der Waals surface area contributed by atoms with Gasteiger partial charge in [-0.05, 0) is 19.4 Å². The molecule has 2 heterocycles. The van der Waals surface area contributed by atoms with Crippen LogP contribution in [0, 0.1) is 0 Å². The molecule has 8 heteroatoms. The van der Waals surface area contributed by atoms with Crippen LogP contribution in [0.3, 0.4) is 0 Å². The minimum absolute atomic E-state index is 0.0595. The maximum atomic E-state index is 12.7. The Bertz CT molecular complexity index is 752. The van der Waals surface area contributed by atoms with E-state index in [-0.39, 0.29) is 12.2 Å². The average molecular weight is 350 g/mol. The van der Waals surface area contributed by atoms with Crippen LogP contribution in [0.15, 0.2) is 30.3 Å². The number of amides is 3. The number of hydrogen-bond acceptors (Lipinski definition) is 5. The summed E-state index contributed by atoms with van der Waals surface area (Å²) in [6.07, 6.45) is -1.50. The first-order valence-corrected chi connectivity index (χ1v) is 9.00. The van der Waals surface area contributed by atoms with Crippen LogP contribution in [-0.2, 0) is 26.8 Å². The summed E-state index contributed by atoms with van der Waals surface area (Å²) in [6.45, 7) is 3.01. The molecule has 2 saturated heterocycles. The molecule has 2 aliphatic rings. The van der Waals surface area contributed by atoms with Crippen molar-refractivity contribution in [2.75, 3.05) is 5.75 Å². The molecule has 0 radical (unpaired) electrons. The Labute approximate surface area is 141 Å². The molecule has 0 aromatic heterocycles. The number of hydrogen-bond donors (Lipinski definition) is 1. The Balaban J connectivity index is 1.84. The van der Waals surface area contributed by atoms with Gasteiger partial charge in [0.25, 0.3) is 6.09 Å². The molecule has 5 atom stereocenters. The fraction of sp³-hybridized carbons (Fsp3) is 0.438. The molecule has 4 unspecified atom stereocenters. The first kappa shape index (κ1) is 16.8. The molecule has 2 fully saturated rings. The smallest absolute Gasteiger partial charge is 0.353 e.